The molecule has 0 saturated carbocycles. The fourth-order valence-electron chi connectivity index (χ4n) is 17.4. The Morgan fingerprint density at radius 3 is 0.846 bits per heavy atom. The zero-order valence-electron chi connectivity index (χ0n) is 56.8. The lowest BCUT2D eigenvalue weighted by Crippen LogP contribution is -1.94. The van der Waals surface area contributed by atoms with E-state index in [1.165, 1.54) is 202 Å². The van der Waals surface area contributed by atoms with Gasteiger partial charge in [0.2, 0.25) is 0 Å². The lowest BCUT2D eigenvalue weighted by atomic mass is 9.85. The predicted molar refractivity (Wildman–Crippen MR) is 446 cm³/mol. The molecule has 22 rings (SSSR count). The van der Waals surface area contributed by atoms with E-state index in [9.17, 15) is 0 Å². The Morgan fingerprint density at radius 2 is 0.413 bits per heavy atom. The second-order valence-electron chi connectivity index (χ2n) is 27.8. The Labute approximate surface area is 601 Å². The average Bonchev–Trinajstić information content (AvgIpc) is 1.48. The van der Waals surface area contributed by atoms with Gasteiger partial charge in [0.15, 0.2) is 0 Å². The Morgan fingerprint density at radius 1 is 0.135 bits per heavy atom. The monoisotopic (exact) mass is 1320 g/mol. The minimum absolute atomic E-state index is 1.16. The number of aromatic nitrogens is 2. The first-order chi connectivity index (χ1) is 51.6. The zero-order chi connectivity index (χ0) is 68.3. The van der Waals surface area contributed by atoms with Crippen molar-refractivity contribution in [2.75, 3.05) is 0 Å². The highest BCUT2D eigenvalue weighted by molar-refractivity contribution is 6.27. The quantitative estimate of drug-likeness (QED) is 0.141. The smallest absolute Gasteiger partial charge is 0.0547 e. The van der Waals surface area contributed by atoms with Crippen molar-refractivity contribution in [3.05, 3.63) is 388 Å². The van der Waals surface area contributed by atoms with Crippen LogP contribution in [0.15, 0.2) is 388 Å². The highest BCUT2D eigenvalue weighted by atomic mass is 15.0. The van der Waals surface area contributed by atoms with E-state index in [1.54, 1.807) is 0 Å². The molecule has 104 heavy (non-hydrogen) atoms. The Kier molecular flexibility index (Phi) is 13.7. The van der Waals surface area contributed by atoms with Crippen molar-refractivity contribution < 1.29 is 0 Å². The van der Waals surface area contributed by atoms with E-state index in [1.807, 2.05) is 0 Å². The Balaban J connectivity index is 0.000000134. The van der Waals surface area contributed by atoms with Gasteiger partial charge in [-0.2, -0.15) is 0 Å². The van der Waals surface area contributed by atoms with Crippen molar-refractivity contribution in [2.24, 2.45) is 0 Å². The summed E-state index contributed by atoms with van der Waals surface area (Å²) in [7, 11) is 0. The van der Waals surface area contributed by atoms with E-state index in [0.717, 1.165) is 5.69 Å². The molecule has 2 heterocycles. The largest absolute Gasteiger partial charge is 0.309 e. The van der Waals surface area contributed by atoms with Crippen LogP contribution in [0.3, 0.4) is 0 Å². The highest BCUT2D eigenvalue weighted by Gasteiger charge is 2.22. The van der Waals surface area contributed by atoms with Crippen molar-refractivity contribution in [1.29, 1.82) is 0 Å². The number of rotatable bonds is 7. The van der Waals surface area contributed by atoms with Crippen molar-refractivity contribution in [2.45, 2.75) is 0 Å². The van der Waals surface area contributed by atoms with Crippen molar-refractivity contribution in [3.8, 4) is 67.0 Å². The molecule has 0 radical (unpaired) electrons. The third-order valence-corrected chi connectivity index (χ3v) is 22.0. The molecule has 2 aromatic heterocycles. The number of para-hydroxylation sites is 2. The Hall–Kier alpha value is -13.7. The summed E-state index contributed by atoms with van der Waals surface area (Å²) in [5, 5.41) is 28.0. The first kappa shape index (κ1) is 59.2. The van der Waals surface area contributed by atoms with Crippen molar-refractivity contribution in [3.63, 3.8) is 0 Å². The molecule has 2 heteroatoms. The molecule has 0 spiro atoms. The number of benzene rings is 20. The van der Waals surface area contributed by atoms with Gasteiger partial charge in [0.05, 0.1) is 22.1 Å². The van der Waals surface area contributed by atoms with Crippen LogP contribution in [0.1, 0.15) is 0 Å². The number of hydrogen-bond acceptors (Lipinski definition) is 0. The van der Waals surface area contributed by atoms with Gasteiger partial charge < -0.3 is 9.13 Å². The second kappa shape index (κ2) is 24.0. The summed E-state index contributed by atoms with van der Waals surface area (Å²) in [4.78, 5) is 0. The molecule has 20 aromatic carbocycles. The van der Waals surface area contributed by atoms with Crippen LogP contribution in [-0.4, -0.2) is 9.13 Å². The van der Waals surface area contributed by atoms with E-state index >= 15 is 0 Å². The normalized spacial score (nSPS) is 11.8. The van der Waals surface area contributed by atoms with Gasteiger partial charge in [0.1, 0.15) is 0 Å². The molecule has 0 aliphatic rings. The summed E-state index contributed by atoms with van der Waals surface area (Å²) in [6.07, 6.45) is 0. The molecule has 0 N–H and O–H groups in total. The minimum atomic E-state index is 1.16. The molecular weight excluding hydrogens is 1250 g/mol. The van der Waals surface area contributed by atoms with Gasteiger partial charge in [-0.15, -0.1) is 0 Å². The molecular formula is C102H64N2. The summed E-state index contributed by atoms with van der Waals surface area (Å²) in [5.74, 6) is 0. The minimum Gasteiger partial charge on any atom is -0.309 e. The summed E-state index contributed by atoms with van der Waals surface area (Å²) in [6, 6.07) is 143. The predicted octanol–water partition coefficient (Wildman–Crippen LogP) is 28.3. The highest BCUT2D eigenvalue weighted by Crippen LogP contribution is 2.48. The van der Waals surface area contributed by atoms with E-state index in [0.29, 0.717) is 0 Å². The van der Waals surface area contributed by atoms with Gasteiger partial charge in [-0.1, -0.05) is 309 Å². The van der Waals surface area contributed by atoms with Crippen molar-refractivity contribution >= 4 is 141 Å². The van der Waals surface area contributed by atoms with Gasteiger partial charge in [0, 0.05) is 32.9 Å². The van der Waals surface area contributed by atoms with E-state index in [2.05, 4.69) is 397 Å². The molecule has 0 bridgehead atoms. The number of hydrogen-bond donors (Lipinski definition) is 0. The molecule has 0 fully saturated rings. The zero-order valence-corrected chi connectivity index (χ0v) is 56.8. The number of nitrogens with zero attached hydrogens (tertiary/aromatic N) is 2. The van der Waals surface area contributed by atoms with Gasteiger partial charge in [-0.25, -0.2) is 0 Å². The van der Waals surface area contributed by atoms with Crippen LogP contribution in [0.4, 0.5) is 0 Å². The number of fused-ring (bicyclic) bond motifs is 17. The molecule has 0 unspecified atom stereocenters. The molecule has 2 nitrogen and oxygen atoms in total. The van der Waals surface area contributed by atoms with E-state index in [-0.39, 0.29) is 0 Å². The van der Waals surface area contributed by atoms with Gasteiger partial charge in [-0.3, -0.25) is 0 Å². The second-order valence-corrected chi connectivity index (χ2v) is 27.8. The summed E-state index contributed by atoms with van der Waals surface area (Å²) < 4.78 is 4.86. The van der Waals surface area contributed by atoms with Crippen LogP contribution in [0.2, 0.25) is 0 Å². The van der Waals surface area contributed by atoms with Crippen LogP contribution in [0.5, 0.6) is 0 Å². The SMILES string of the molecule is c1ccc(-c2c3ccccc3c(-c3ccc(-c4ccc(-n5c6ccccc6c6c7cc8ccccc8cc7ccc65)cc4)cc3)c3ccccc23)cc1.c1ccc(-c2c3ccccc3c(-c3ccc4cc(-n5c6ccccc6c6c7cc8ccccc8cc7ccc65)ccc4c3)c3ccccc23)cc1. The van der Waals surface area contributed by atoms with Gasteiger partial charge in [0.25, 0.3) is 0 Å². The molecule has 0 saturated heterocycles. The molecule has 0 atom stereocenters. The molecule has 0 aliphatic carbocycles. The van der Waals surface area contributed by atoms with Crippen LogP contribution in [0.25, 0.3) is 208 Å². The van der Waals surface area contributed by atoms with Crippen LogP contribution in [-0.2, 0) is 0 Å². The molecule has 22 aromatic rings. The first-order valence-electron chi connectivity index (χ1n) is 36.0. The third kappa shape index (κ3) is 9.50. The van der Waals surface area contributed by atoms with Gasteiger partial charge in [-0.05, 0) is 231 Å². The fraction of sp³-hybridized carbons (Fsp3) is 0. The molecule has 482 valence electrons. The van der Waals surface area contributed by atoms with Gasteiger partial charge >= 0.3 is 0 Å². The average molecular weight is 1320 g/mol. The lowest BCUT2D eigenvalue weighted by Gasteiger charge is -2.18. The molecule has 0 amide bonds. The summed E-state index contributed by atoms with van der Waals surface area (Å²) >= 11 is 0. The van der Waals surface area contributed by atoms with Crippen LogP contribution in [0, 0.1) is 0 Å². The lowest BCUT2D eigenvalue weighted by molar-refractivity contribution is 1.18. The van der Waals surface area contributed by atoms with Crippen LogP contribution >= 0.6 is 0 Å². The van der Waals surface area contributed by atoms with Crippen LogP contribution < -0.4 is 0 Å². The summed E-state index contributed by atoms with van der Waals surface area (Å²) in [6.45, 7) is 0. The third-order valence-electron chi connectivity index (χ3n) is 22.0. The topological polar surface area (TPSA) is 9.86 Å². The van der Waals surface area contributed by atoms with E-state index in [4.69, 9.17) is 0 Å². The van der Waals surface area contributed by atoms with E-state index < -0.39 is 0 Å². The maximum atomic E-state index is 2.44. The fourth-order valence-corrected chi connectivity index (χ4v) is 17.4. The summed E-state index contributed by atoms with van der Waals surface area (Å²) in [5.41, 5.74) is 19.7. The maximum absolute atomic E-state index is 2.44. The standard InChI is InChI=1S/C52H33N.C50H31N/c1-2-12-36(13-3-1)50-42-16-6-8-18-44(42)51(45-19-9-7-17-43(45)50)37-24-22-34(23-25-37)35-26-29-41(30-27-35)53-48-21-11-10-20-46(48)52-47-33-39-15-5-4-14-38(39)32-40(47)28-31-49(52)53;1-2-12-32(13-3-1)48-40-16-6-8-18-42(40)49(43-19-9-7-17-41(43)48)38-23-22-36-30-39(26-24-35(36)29-38)51-46-21-11-10-20-44(46)50-45-31-34-15-5-4-14-33(34)28-37(45)25-27-47(50)51/h1-33H;1-31H. The first-order valence-corrected chi connectivity index (χ1v) is 36.0. The van der Waals surface area contributed by atoms with Crippen molar-refractivity contribution in [1.82, 2.24) is 9.13 Å². The maximum Gasteiger partial charge on any atom is 0.0547 e. The molecule has 0 aliphatic heterocycles. The Bertz CT molecular complexity index is 7130.